The third-order valence-corrected chi connectivity index (χ3v) is 2.98. The van der Waals surface area contributed by atoms with Crippen LogP contribution in [0.15, 0.2) is 17.1 Å². The lowest BCUT2D eigenvalue weighted by atomic mass is 10.1. The summed E-state index contributed by atoms with van der Waals surface area (Å²) in [5.74, 6) is 5.53. The fourth-order valence-corrected chi connectivity index (χ4v) is 2.13. The first-order valence-electron chi connectivity index (χ1n) is 5.79. The van der Waals surface area contributed by atoms with E-state index in [1.165, 1.54) is 16.8 Å². The molecule has 0 amide bonds. The third kappa shape index (κ3) is 2.33. The number of aliphatic hydroxyl groups excluding tert-OH is 2. The third-order valence-electron chi connectivity index (χ3n) is 2.98. The van der Waals surface area contributed by atoms with Crippen molar-refractivity contribution in [2.75, 3.05) is 12.3 Å². The maximum Gasteiger partial charge on any atom is 0.352 e. The lowest BCUT2D eigenvalue weighted by Crippen LogP contribution is -2.41. The SMILES string of the molecule is CC#C[C@]1(n2ccc(N)nc2=O)C[C@H](O)[C@@H](CO)O1. The maximum absolute atomic E-state index is 11.9. The van der Waals surface area contributed by atoms with E-state index in [1.54, 1.807) is 6.92 Å². The minimum absolute atomic E-state index is 0.0740. The maximum atomic E-state index is 11.9. The summed E-state index contributed by atoms with van der Waals surface area (Å²) in [4.78, 5) is 15.5. The first kappa shape index (κ1) is 13.5. The molecule has 3 atom stereocenters. The minimum atomic E-state index is -1.32. The van der Waals surface area contributed by atoms with Gasteiger partial charge in [-0.05, 0) is 18.9 Å². The van der Waals surface area contributed by atoms with Crippen LogP contribution in [0.25, 0.3) is 0 Å². The van der Waals surface area contributed by atoms with E-state index in [9.17, 15) is 9.90 Å². The van der Waals surface area contributed by atoms with Crippen LogP contribution < -0.4 is 11.4 Å². The van der Waals surface area contributed by atoms with E-state index in [-0.39, 0.29) is 18.8 Å². The molecule has 2 heterocycles. The van der Waals surface area contributed by atoms with Crippen LogP contribution in [0.3, 0.4) is 0 Å². The molecule has 0 radical (unpaired) electrons. The van der Waals surface area contributed by atoms with Crippen LogP contribution in [-0.4, -0.2) is 38.6 Å². The van der Waals surface area contributed by atoms with Gasteiger partial charge in [-0.1, -0.05) is 0 Å². The van der Waals surface area contributed by atoms with Crippen molar-refractivity contribution in [3.05, 3.63) is 22.7 Å². The highest BCUT2D eigenvalue weighted by Gasteiger charge is 2.47. The van der Waals surface area contributed by atoms with Crippen LogP contribution in [0, 0.1) is 11.8 Å². The van der Waals surface area contributed by atoms with E-state index in [0.29, 0.717) is 0 Å². The molecule has 0 aromatic carbocycles. The summed E-state index contributed by atoms with van der Waals surface area (Å²) < 4.78 is 6.75. The largest absolute Gasteiger partial charge is 0.394 e. The summed E-state index contributed by atoms with van der Waals surface area (Å²) in [6.07, 6.45) is -0.202. The summed E-state index contributed by atoms with van der Waals surface area (Å²) in [5, 5.41) is 19.0. The monoisotopic (exact) mass is 265 g/mol. The predicted molar refractivity (Wildman–Crippen MR) is 66.9 cm³/mol. The summed E-state index contributed by atoms with van der Waals surface area (Å²) in [5.41, 5.74) is 3.50. The first-order valence-corrected chi connectivity index (χ1v) is 5.79. The first-order chi connectivity index (χ1) is 9.02. The van der Waals surface area contributed by atoms with Crippen LogP contribution in [0.5, 0.6) is 0 Å². The van der Waals surface area contributed by atoms with Gasteiger partial charge in [-0.25, -0.2) is 4.79 Å². The molecular formula is C12H15N3O4. The average molecular weight is 265 g/mol. The molecule has 1 fully saturated rings. The van der Waals surface area contributed by atoms with Crippen LogP contribution in [-0.2, 0) is 10.5 Å². The Morgan fingerprint density at radius 2 is 2.47 bits per heavy atom. The number of aliphatic hydroxyl groups is 2. The smallest absolute Gasteiger partial charge is 0.352 e. The summed E-state index contributed by atoms with van der Waals surface area (Å²) in [6.45, 7) is 1.24. The van der Waals surface area contributed by atoms with E-state index < -0.39 is 23.6 Å². The van der Waals surface area contributed by atoms with E-state index in [2.05, 4.69) is 16.8 Å². The molecule has 0 aliphatic carbocycles. The highest BCUT2D eigenvalue weighted by molar-refractivity contribution is 5.25. The van der Waals surface area contributed by atoms with Crippen molar-refractivity contribution >= 4 is 5.82 Å². The molecule has 2 rings (SSSR count). The van der Waals surface area contributed by atoms with E-state index >= 15 is 0 Å². The molecule has 4 N–H and O–H groups in total. The summed E-state index contributed by atoms with van der Waals surface area (Å²) in [7, 11) is 0. The molecule has 0 saturated carbocycles. The Balaban J connectivity index is 2.52. The number of hydrogen-bond donors (Lipinski definition) is 3. The Bertz CT molecular complexity index is 589. The van der Waals surface area contributed by atoms with Gasteiger partial charge < -0.3 is 20.7 Å². The lowest BCUT2D eigenvalue weighted by molar-refractivity contribution is -0.0836. The quantitative estimate of drug-likeness (QED) is 0.570. The topological polar surface area (TPSA) is 111 Å². The predicted octanol–water partition coefficient (Wildman–Crippen LogP) is -1.36. The highest BCUT2D eigenvalue weighted by atomic mass is 16.6. The van der Waals surface area contributed by atoms with Gasteiger partial charge in [0.2, 0.25) is 5.72 Å². The Labute approximate surface area is 109 Å². The van der Waals surface area contributed by atoms with Crippen molar-refractivity contribution in [2.45, 2.75) is 31.3 Å². The van der Waals surface area contributed by atoms with Gasteiger partial charge in [-0.2, -0.15) is 4.98 Å². The molecule has 7 nitrogen and oxygen atoms in total. The Morgan fingerprint density at radius 1 is 1.74 bits per heavy atom. The van der Waals surface area contributed by atoms with Crippen molar-refractivity contribution in [2.24, 2.45) is 0 Å². The number of rotatable bonds is 2. The number of hydrogen-bond acceptors (Lipinski definition) is 6. The molecule has 0 spiro atoms. The van der Waals surface area contributed by atoms with Crippen molar-refractivity contribution in [3.63, 3.8) is 0 Å². The Kier molecular flexibility index (Phi) is 3.57. The zero-order valence-corrected chi connectivity index (χ0v) is 10.4. The van der Waals surface area contributed by atoms with E-state index in [0.717, 1.165) is 0 Å². The van der Waals surface area contributed by atoms with Gasteiger partial charge in [0.05, 0.1) is 12.7 Å². The summed E-state index contributed by atoms with van der Waals surface area (Å²) >= 11 is 0. The second-order valence-corrected chi connectivity index (χ2v) is 4.27. The molecule has 0 bridgehead atoms. The average Bonchev–Trinajstić information content (AvgIpc) is 2.66. The molecule has 1 saturated heterocycles. The summed E-state index contributed by atoms with van der Waals surface area (Å²) in [6, 6.07) is 1.45. The highest BCUT2D eigenvalue weighted by Crippen LogP contribution is 2.33. The molecular weight excluding hydrogens is 250 g/mol. The fraction of sp³-hybridized carbons (Fsp3) is 0.500. The van der Waals surface area contributed by atoms with Gasteiger partial charge in [-0.15, -0.1) is 5.92 Å². The van der Waals surface area contributed by atoms with E-state index in [4.69, 9.17) is 15.6 Å². The molecule has 1 aliphatic heterocycles. The van der Waals surface area contributed by atoms with Crippen LogP contribution in [0.1, 0.15) is 13.3 Å². The van der Waals surface area contributed by atoms with Crippen LogP contribution >= 0.6 is 0 Å². The van der Waals surface area contributed by atoms with Crippen LogP contribution in [0.2, 0.25) is 0 Å². The van der Waals surface area contributed by atoms with Crippen molar-refractivity contribution in [1.82, 2.24) is 9.55 Å². The van der Waals surface area contributed by atoms with Gasteiger partial charge in [-0.3, -0.25) is 4.57 Å². The number of anilines is 1. The van der Waals surface area contributed by atoms with Gasteiger partial charge in [0.25, 0.3) is 0 Å². The van der Waals surface area contributed by atoms with Gasteiger partial charge in [0, 0.05) is 12.6 Å². The molecule has 19 heavy (non-hydrogen) atoms. The number of nitrogens with zero attached hydrogens (tertiary/aromatic N) is 2. The van der Waals surface area contributed by atoms with Gasteiger partial charge >= 0.3 is 5.69 Å². The van der Waals surface area contributed by atoms with Crippen molar-refractivity contribution in [3.8, 4) is 11.8 Å². The Hall–Kier alpha value is -1.88. The van der Waals surface area contributed by atoms with Crippen LogP contribution in [0.4, 0.5) is 5.82 Å². The molecule has 1 aromatic rings. The van der Waals surface area contributed by atoms with Crippen molar-refractivity contribution in [1.29, 1.82) is 0 Å². The molecule has 102 valence electrons. The van der Waals surface area contributed by atoms with Gasteiger partial charge in [0.1, 0.15) is 11.9 Å². The number of nitrogens with two attached hydrogens (primary N) is 1. The van der Waals surface area contributed by atoms with Gasteiger partial charge in [0.15, 0.2) is 0 Å². The number of ether oxygens (including phenoxy) is 1. The molecule has 1 aromatic heterocycles. The zero-order chi connectivity index (χ0) is 14.0. The van der Waals surface area contributed by atoms with E-state index in [1.807, 2.05) is 0 Å². The normalized spacial score (nSPS) is 29.8. The second-order valence-electron chi connectivity index (χ2n) is 4.27. The molecule has 1 aliphatic rings. The number of nitrogen functional groups attached to an aromatic ring is 1. The molecule has 7 heteroatoms. The zero-order valence-electron chi connectivity index (χ0n) is 10.4. The fourth-order valence-electron chi connectivity index (χ4n) is 2.13. The minimum Gasteiger partial charge on any atom is -0.394 e. The lowest BCUT2D eigenvalue weighted by Gasteiger charge is -2.25. The molecule has 0 unspecified atom stereocenters. The number of aromatic nitrogens is 2. The Morgan fingerprint density at radius 3 is 3.00 bits per heavy atom. The second kappa shape index (κ2) is 5.01. The standard InChI is InChI=1S/C12H15N3O4/c1-2-4-12(6-8(17)9(7-16)19-12)15-5-3-10(13)14-11(15)18/h3,5,8-9,16-17H,6-7H2,1H3,(H2,13,14,18)/t8-,9+,12+/m0/s1. The van der Waals surface area contributed by atoms with Crippen molar-refractivity contribution < 1.29 is 14.9 Å².